The molecule has 2 heterocycles. The van der Waals surface area contributed by atoms with Gasteiger partial charge in [-0.15, -0.1) is 10.2 Å². The van der Waals surface area contributed by atoms with E-state index in [4.69, 9.17) is 0 Å². The molecular weight excluding hydrogens is 283 g/mol. The lowest BCUT2D eigenvalue weighted by atomic mass is 10.3. The van der Waals surface area contributed by atoms with Gasteiger partial charge in [0, 0.05) is 32.5 Å². The van der Waals surface area contributed by atoms with Crippen molar-refractivity contribution in [1.82, 2.24) is 19.7 Å². The van der Waals surface area contributed by atoms with Crippen molar-refractivity contribution in [1.29, 1.82) is 0 Å². The summed E-state index contributed by atoms with van der Waals surface area (Å²) in [5.41, 5.74) is -0.978. The monoisotopic (exact) mass is 299 g/mol. The van der Waals surface area contributed by atoms with Crippen LogP contribution in [0.3, 0.4) is 0 Å². The van der Waals surface area contributed by atoms with Crippen molar-refractivity contribution in [2.75, 3.05) is 18.5 Å². The maximum atomic E-state index is 12.4. The Hall–Kier alpha value is -2.12. The van der Waals surface area contributed by atoms with Crippen LogP contribution in [0.4, 0.5) is 19.0 Å². The Balaban J connectivity index is 1.88. The molecule has 0 unspecified atom stereocenters. The second kappa shape index (κ2) is 6.11. The fraction of sp³-hybridized carbons (Fsp3) is 0.462. The van der Waals surface area contributed by atoms with Crippen LogP contribution in [0, 0.1) is 6.92 Å². The fourth-order valence-electron chi connectivity index (χ4n) is 1.91. The second-order valence-electron chi connectivity index (χ2n) is 4.72. The molecule has 8 heteroatoms. The summed E-state index contributed by atoms with van der Waals surface area (Å²) in [6.45, 7) is 3.38. The largest absolute Gasteiger partial charge is 0.435 e. The number of anilines is 1. The Kier molecular flexibility index (Phi) is 4.44. The Bertz CT molecular complexity index is 576. The predicted octanol–water partition coefficient (Wildman–Crippen LogP) is 2.53. The lowest BCUT2D eigenvalue weighted by Gasteiger charge is -2.18. The molecule has 114 valence electrons. The first kappa shape index (κ1) is 15.3. The van der Waals surface area contributed by atoms with Crippen LogP contribution in [-0.2, 0) is 12.7 Å². The van der Waals surface area contributed by atoms with Gasteiger partial charge in [0.2, 0.25) is 0 Å². The van der Waals surface area contributed by atoms with Crippen molar-refractivity contribution < 1.29 is 13.2 Å². The number of aryl methyl sites for hydroxylation is 2. The van der Waals surface area contributed by atoms with Gasteiger partial charge in [-0.2, -0.15) is 13.2 Å². The van der Waals surface area contributed by atoms with E-state index in [1.54, 1.807) is 18.1 Å². The van der Waals surface area contributed by atoms with E-state index in [1.165, 1.54) is 6.07 Å². The Morgan fingerprint density at radius 1 is 1.24 bits per heavy atom. The van der Waals surface area contributed by atoms with Crippen LogP contribution >= 0.6 is 0 Å². The Morgan fingerprint density at radius 3 is 2.52 bits per heavy atom. The third-order valence-corrected chi connectivity index (χ3v) is 3.15. The van der Waals surface area contributed by atoms with Crippen LogP contribution in [0.25, 0.3) is 0 Å². The van der Waals surface area contributed by atoms with Crippen LogP contribution in [0.2, 0.25) is 0 Å². The summed E-state index contributed by atoms with van der Waals surface area (Å²) in [4.78, 5) is 5.90. The topological polar surface area (TPSA) is 46.8 Å². The maximum Gasteiger partial charge on any atom is 0.435 e. The van der Waals surface area contributed by atoms with Crippen LogP contribution in [0.5, 0.6) is 0 Å². The molecule has 2 rings (SSSR count). The zero-order chi connectivity index (χ0) is 15.5. The van der Waals surface area contributed by atoms with Crippen LogP contribution < -0.4 is 4.90 Å². The normalized spacial score (nSPS) is 11.7. The van der Waals surface area contributed by atoms with E-state index in [0.717, 1.165) is 24.9 Å². The van der Waals surface area contributed by atoms with Gasteiger partial charge in [-0.25, -0.2) is 4.98 Å². The minimum absolute atomic E-state index is 0.422. The predicted molar refractivity (Wildman–Crippen MR) is 71.9 cm³/mol. The number of hydrogen-bond donors (Lipinski definition) is 0. The van der Waals surface area contributed by atoms with Crippen molar-refractivity contribution in [3.63, 3.8) is 0 Å². The molecule has 0 N–H and O–H groups in total. The van der Waals surface area contributed by atoms with Crippen LogP contribution in [-0.4, -0.2) is 33.3 Å². The highest BCUT2D eigenvalue weighted by Crippen LogP contribution is 2.27. The van der Waals surface area contributed by atoms with Gasteiger partial charge in [-0.05, 0) is 25.5 Å². The van der Waals surface area contributed by atoms with Gasteiger partial charge in [0.05, 0.1) is 0 Å². The van der Waals surface area contributed by atoms with Crippen molar-refractivity contribution >= 4 is 5.82 Å². The minimum atomic E-state index is -4.46. The number of hydrogen-bond acceptors (Lipinski definition) is 4. The lowest BCUT2D eigenvalue weighted by molar-refractivity contribution is -0.141. The van der Waals surface area contributed by atoms with Gasteiger partial charge in [0.1, 0.15) is 5.82 Å². The van der Waals surface area contributed by atoms with E-state index in [1.807, 2.05) is 17.7 Å². The molecule has 0 spiro atoms. The average molecular weight is 299 g/mol. The summed E-state index contributed by atoms with van der Waals surface area (Å²) >= 11 is 0. The number of alkyl halides is 3. The summed E-state index contributed by atoms with van der Waals surface area (Å²) in [7, 11) is 1.78. The Labute approximate surface area is 120 Å². The highest BCUT2D eigenvalue weighted by molar-refractivity contribution is 5.36. The van der Waals surface area contributed by atoms with Gasteiger partial charge in [-0.1, -0.05) is 0 Å². The first-order valence-electron chi connectivity index (χ1n) is 6.48. The van der Waals surface area contributed by atoms with Gasteiger partial charge in [0.25, 0.3) is 0 Å². The molecule has 21 heavy (non-hydrogen) atoms. The van der Waals surface area contributed by atoms with Crippen molar-refractivity contribution in [3.8, 4) is 0 Å². The summed E-state index contributed by atoms with van der Waals surface area (Å²) in [5, 5.41) is 6.83. The molecule has 2 aromatic heterocycles. The maximum absolute atomic E-state index is 12.4. The second-order valence-corrected chi connectivity index (χ2v) is 4.72. The van der Waals surface area contributed by atoms with Crippen LogP contribution in [0.15, 0.2) is 24.5 Å². The first-order valence-corrected chi connectivity index (χ1v) is 6.48. The van der Waals surface area contributed by atoms with Crippen molar-refractivity contribution in [2.24, 2.45) is 0 Å². The average Bonchev–Trinajstić information content (AvgIpc) is 2.83. The number of aromatic nitrogens is 4. The van der Waals surface area contributed by atoms with E-state index in [2.05, 4.69) is 15.2 Å². The fourth-order valence-corrected chi connectivity index (χ4v) is 1.91. The first-order chi connectivity index (χ1) is 9.88. The molecule has 0 atom stereocenters. The minimum Gasteiger partial charge on any atom is -0.358 e. The molecule has 0 bridgehead atoms. The number of halogens is 3. The van der Waals surface area contributed by atoms with E-state index in [9.17, 15) is 13.2 Å². The third-order valence-electron chi connectivity index (χ3n) is 3.15. The number of imidazole rings is 1. The summed E-state index contributed by atoms with van der Waals surface area (Å²) in [6, 6.07) is 2.27. The Morgan fingerprint density at radius 2 is 2.00 bits per heavy atom. The van der Waals surface area contributed by atoms with E-state index in [-0.39, 0.29) is 0 Å². The molecule has 0 aromatic carbocycles. The molecule has 0 saturated heterocycles. The smallest absolute Gasteiger partial charge is 0.358 e. The highest BCUT2D eigenvalue weighted by Gasteiger charge is 2.32. The SMILES string of the molecule is Cc1nccn1CCCN(C)c1ccc(C(F)(F)F)nn1. The van der Waals surface area contributed by atoms with Gasteiger partial charge in [0.15, 0.2) is 11.5 Å². The van der Waals surface area contributed by atoms with E-state index >= 15 is 0 Å². The lowest BCUT2D eigenvalue weighted by Crippen LogP contribution is -2.22. The summed E-state index contributed by atoms with van der Waals surface area (Å²) in [5.74, 6) is 1.36. The van der Waals surface area contributed by atoms with E-state index < -0.39 is 11.9 Å². The molecule has 0 radical (unpaired) electrons. The molecule has 0 aliphatic carbocycles. The quantitative estimate of drug-likeness (QED) is 0.851. The molecule has 0 fully saturated rings. The van der Waals surface area contributed by atoms with Crippen LogP contribution in [0.1, 0.15) is 17.9 Å². The van der Waals surface area contributed by atoms with Gasteiger partial charge >= 0.3 is 6.18 Å². The van der Waals surface area contributed by atoms with Crippen molar-refractivity contribution in [2.45, 2.75) is 26.1 Å². The van der Waals surface area contributed by atoms with Crippen molar-refractivity contribution in [3.05, 3.63) is 36.0 Å². The molecule has 0 aliphatic rings. The number of rotatable bonds is 5. The number of nitrogens with zero attached hydrogens (tertiary/aromatic N) is 5. The molecule has 0 saturated carbocycles. The molecule has 2 aromatic rings. The molecular formula is C13H16F3N5. The highest BCUT2D eigenvalue weighted by atomic mass is 19.4. The third kappa shape index (κ3) is 3.93. The zero-order valence-electron chi connectivity index (χ0n) is 11.8. The molecule has 5 nitrogen and oxygen atoms in total. The van der Waals surface area contributed by atoms with Gasteiger partial charge in [-0.3, -0.25) is 0 Å². The zero-order valence-corrected chi connectivity index (χ0v) is 11.8. The standard InChI is InChI=1S/C13H16F3N5/c1-10-17-6-9-21(10)8-3-7-20(2)12-5-4-11(18-19-12)13(14,15)16/h4-6,9H,3,7-8H2,1-2H3. The van der Waals surface area contributed by atoms with E-state index in [0.29, 0.717) is 12.4 Å². The van der Waals surface area contributed by atoms with Gasteiger partial charge < -0.3 is 9.47 Å². The summed E-state index contributed by atoms with van der Waals surface area (Å²) < 4.78 is 39.2. The molecule has 0 aliphatic heterocycles. The summed E-state index contributed by atoms with van der Waals surface area (Å²) in [6.07, 6.45) is 0.00705. The molecule has 0 amide bonds.